The van der Waals surface area contributed by atoms with Crippen molar-refractivity contribution in [3.05, 3.63) is 29.2 Å². The molecule has 0 radical (unpaired) electrons. The first-order valence-electron chi connectivity index (χ1n) is 6.35. The van der Waals surface area contributed by atoms with Crippen molar-refractivity contribution in [1.82, 2.24) is 23.5 Å². The Balaban J connectivity index is 2.79. The highest BCUT2D eigenvalue weighted by Crippen LogP contribution is 2.30. The molecule has 126 valence electrons. The Bertz CT molecular complexity index is 843. The summed E-state index contributed by atoms with van der Waals surface area (Å²) in [6, 6.07) is 1.66. The molecule has 2 heterocycles. The minimum atomic E-state index is -4.87. The first kappa shape index (κ1) is 17.3. The molecule has 0 saturated heterocycles. The lowest BCUT2D eigenvalue weighted by atomic mass is 10.1. The predicted molar refractivity (Wildman–Crippen MR) is 75.7 cm³/mol. The fourth-order valence-electron chi connectivity index (χ4n) is 1.83. The smallest absolute Gasteiger partial charge is 0.252 e. The Morgan fingerprint density at radius 1 is 1.22 bits per heavy atom. The molecule has 2 aromatic rings. The zero-order chi connectivity index (χ0) is 17.6. The van der Waals surface area contributed by atoms with Gasteiger partial charge >= 0.3 is 16.4 Å². The highest BCUT2D eigenvalue weighted by molar-refractivity contribution is 7.87. The largest absolute Gasteiger partial charge is 0.453 e. The van der Waals surface area contributed by atoms with Crippen molar-refractivity contribution in [2.24, 2.45) is 0 Å². The Morgan fingerprint density at radius 3 is 2.30 bits per heavy atom. The maximum Gasteiger partial charge on any atom is 0.453 e. The number of hydrogen-bond donors (Lipinski definition) is 0. The van der Waals surface area contributed by atoms with E-state index in [0.717, 1.165) is 9.87 Å². The molecule has 7 nitrogen and oxygen atoms in total. The average molecular weight is 349 g/mol. The molecule has 0 unspecified atom stereocenters. The summed E-state index contributed by atoms with van der Waals surface area (Å²) in [5, 5.41) is 3.13. The molecule has 11 heteroatoms. The lowest BCUT2D eigenvalue weighted by Gasteiger charge is -2.13. The summed E-state index contributed by atoms with van der Waals surface area (Å²) < 4.78 is 64.1. The van der Waals surface area contributed by atoms with Crippen LogP contribution in [0.1, 0.15) is 17.0 Å². The monoisotopic (exact) mass is 349 g/mol. The zero-order valence-electron chi connectivity index (χ0n) is 12.7. The van der Waals surface area contributed by atoms with E-state index in [4.69, 9.17) is 0 Å². The highest BCUT2D eigenvalue weighted by Gasteiger charge is 2.39. The molecule has 0 saturated carbocycles. The molecule has 0 aliphatic heterocycles. The van der Waals surface area contributed by atoms with Crippen LogP contribution >= 0.6 is 0 Å². The summed E-state index contributed by atoms with van der Waals surface area (Å²) in [5.41, 5.74) is 1.29. The van der Waals surface area contributed by atoms with Crippen LogP contribution in [-0.2, 0) is 16.4 Å². The van der Waals surface area contributed by atoms with Gasteiger partial charge in [-0.1, -0.05) is 6.07 Å². The Labute approximate surface area is 131 Å². The fourth-order valence-corrected chi connectivity index (χ4v) is 2.66. The lowest BCUT2D eigenvalue weighted by Crippen LogP contribution is -2.30. The van der Waals surface area contributed by atoms with Crippen LogP contribution in [0.15, 0.2) is 12.3 Å². The average Bonchev–Trinajstić information content (AvgIpc) is 2.83. The number of alkyl halides is 3. The number of hydrogen-bond acceptors (Lipinski definition) is 5. The number of nitrogens with zero attached hydrogens (tertiary/aromatic N) is 5. The fraction of sp³-hybridized carbons (Fsp3) is 0.417. The van der Waals surface area contributed by atoms with Crippen LogP contribution in [0.25, 0.3) is 11.5 Å². The second-order valence-electron chi connectivity index (χ2n) is 5.07. The summed E-state index contributed by atoms with van der Waals surface area (Å²) >= 11 is 0. The maximum atomic E-state index is 12.9. The van der Waals surface area contributed by atoms with Crippen molar-refractivity contribution in [2.45, 2.75) is 20.0 Å². The molecule has 0 N–H and O–H groups in total. The molecule has 2 aromatic heterocycles. The Kier molecular flexibility index (Phi) is 4.20. The molecule has 0 spiro atoms. The van der Waals surface area contributed by atoms with Gasteiger partial charge in [-0.15, -0.1) is 9.19 Å². The van der Waals surface area contributed by atoms with Gasteiger partial charge in [0, 0.05) is 20.3 Å². The highest BCUT2D eigenvalue weighted by atomic mass is 32.2. The molecule has 23 heavy (non-hydrogen) atoms. The van der Waals surface area contributed by atoms with Gasteiger partial charge in [0.2, 0.25) is 0 Å². The third-order valence-corrected chi connectivity index (χ3v) is 4.55. The number of pyridine rings is 1. The van der Waals surface area contributed by atoms with Crippen molar-refractivity contribution in [2.75, 3.05) is 14.1 Å². The van der Waals surface area contributed by atoms with Crippen LogP contribution < -0.4 is 0 Å². The number of rotatable bonds is 3. The summed E-state index contributed by atoms with van der Waals surface area (Å²) in [7, 11) is -1.92. The number of aromatic nitrogens is 4. The number of halogens is 3. The normalized spacial score (nSPS) is 12.9. The summed E-state index contributed by atoms with van der Waals surface area (Å²) in [4.78, 5) is 7.35. The van der Waals surface area contributed by atoms with Gasteiger partial charge in [0.1, 0.15) is 5.69 Å². The van der Waals surface area contributed by atoms with Crippen LogP contribution in [0, 0.1) is 13.8 Å². The van der Waals surface area contributed by atoms with Crippen LogP contribution in [0.3, 0.4) is 0 Å². The topological polar surface area (TPSA) is 81.0 Å². The van der Waals surface area contributed by atoms with Crippen LogP contribution in [0.4, 0.5) is 13.2 Å². The molecule has 0 aliphatic rings. The molecule has 2 rings (SSSR count). The third-order valence-electron chi connectivity index (χ3n) is 2.94. The molecule has 0 atom stereocenters. The van der Waals surface area contributed by atoms with E-state index in [0.29, 0.717) is 5.56 Å². The van der Waals surface area contributed by atoms with Gasteiger partial charge in [0.25, 0.3) is 5.82 Å². The first-order chi connectivity index (χ1) is 10.4. The molecule has 0 aromatic carbocycles. The SMILES string of the molecule is Cc1cnc(-c2nc(C(F)(F)F)nn2S(=O)(=O)N(C)C)c(C)c1. The van der Waals surface area contributed by atoms with E-state index in [1.54, 1.807) is 19.9 Å². The van der Waals surface area contributed by atoms with E-state index in [1.807, 2.05) is 0 Å². The van der Waals surface area contributed by atoms with Gasteiger partial charge in [0.15, 0.2) is 5.82 Å². The van der Waals surface area contributed by atoms with E-state index in [1.165, 1.54) is 20.3 Å². The van der Waals surface area contributed by atoms with Crippen molar-refractivity contribution in [3.8, 4) is 11.5 Å². The van der Waals surface area contributed by atoms with Crippen LogP contribution in [0.2, 0.25) is 0 Å². The van der Waals surface area contributed by atoms with E-state index >= 15 is 0 Å². The van der Waals surface area contributed by atoms with Gasteiger partial charge in [-0.2, -0.15) is 25.9 Å². The molecule has 0 amide bonds. The van der Waals surface area contributed by atoms with E-state index in [2.05, 4.69) is 15.1 Å². The van der Waals surface area contributed by atoms with Crippen molar-refractivity contribution < 1.29 is 21.6 Å². The van der Waals surface area contributed by atoms with Crippen molar-refractivity contribution >= 4 is 10.2 Å². The zero-order valence-corrected chi connectivity index (χ0v) is 13.6. The summed E-state index contributed by atoms with van der Waals surface area (Å²) in [6.45, 7) is 3.36. The first-order valence-corrected chi connectivity index (χ1v) is 7.75. The van der Waals surface area contributed by atoms with E-state index < -0.39 is 28.0 Å². The molecule has 0 fully saturated rings. The maximum absolute atomic E-state index is 12.9. The van der Waals surface area contributed by atoms with Gasteiger partial charge in [-0.3, -0.25) is 4.98 Å². The Hall–Kier alpha value is -2.01. The van der Waals surface area contributed by atoms with Crippen LogP contribution in [-0.4, -0.2) is 46.0 Å². The van der Waals surface area contributed by atoms with E-state index in [9.17, 15) is 21.6 Å². The summed E-state index contributed by atoms with van der Waals surface area (Å²) in [5.74, 6) is -2.02. The second-order valence-corrected chi connectivity index (χ2v) is 7.04. The van der Waals surface area contributed by atoms with Gasteiger partial charge < -0.3 is 0 Å². The third kappa shape index (κ3) is 3.20. The molecular weight excluding hydrogens is 335 g/mol. The van der Waals surface area contributed by atoms with E-state index in [-0.39, 0.29) is 9.78 Å². The molecule has 0 bridgehead atoms. The van der Waals surface area contributed by atoms with Crippen molar-refractivity contribution in [1.29, 1.82) is 0 Å². The van der Waals surface area contributed by atoms with Gasteiger partial charge in [0.05, 0.1) is 0 Å². The lowest BCUT2D eigenvalue weighted by molar-refractivity contribution is -0.144. The second kappa shape index (κ2) is 5.57. The number of aryl methyl sites for hydroxylation is 2. The standard InChI is InChI=1S/C12H14F3N5O2S/c1-7-5-8(2)9(16-6-7)10-17-11(12(13,14)15)18-20(10)23(21,22)19(3)4/h5-6H,1-4H3. The van der Waals surface area contributed by atoms with Gasteiger partial charge in [-0.05, 0) is 25.0 Å². The minimum absolute atomic E-state index is 0.0176. The predicted octanol–water partition coefficient (Wildman–Crippen LogP) is 1.63. The van der Waals surface area contributed by atoms with Gasteiger partial charge in [-0.25, -0.2) is 4.98 Å². The van der Waals surface area contributed by atoms with Crippen molar-refractivity contribution in [3.63, 3.8) is 0 Å². The minimum Gasteiger partial charge on any atom is -0.252 e. The molecule has 0 aliphatic carbocycles. The summed E-state index contributed by atoms with van der Waals surface area (Å²) in [6.07, 6.45) is -3.46. The Morgan fingerprint density at radius 2 is 1.83 bits per heavy atom. The molecular formula is C12H14F3N5O2S. The van der Waals surface area contributed by atoms with Crippen LogP contribution in [0.5, 0.6) is 0 Å². The quantitative estimate of drug-likeness (QED) is 0.841.